The van der Waals surface area contributed by atoms with Crippen molar-refractivity contribution < 1.29 is 42.9 Å². The van der Waals surface area contributed by atoms with E-state index in [9.17, 15) is 0 Å². The van der Waals surface area contributed by atoms with Gasteiger partial charge in [0.2, 0.25) is 0 Å². The molecule has 1 fully saturated rings. The summed E-state index contributed by atoms with van der Waals surface area (Å²) in [4.78, 5) is 0. The Kier molecular flexibility index (Phi) is 14.7. The molecular weight excluding hydrogens is 175 g/mol. The van der Waals surface area contributed by atoms with Crippen LogP contribution in [0.15, 0.2) is 0 Å². The predicted molar refractivity (Wildman–Crippen MR) is 40.8 cm³/mol. The molecule has 0 spiro atoms. The van der Waals surface area contributed by atoms with Crippen LogP contribution in [0.25, 0.3) is 0 Å². The predicted octanol–water partition coefficient (Wildman–Crippen LogP) is -1.16. The zero-order valence-corrected chi connectivity index (χ0v) is 9.64. The molecule has 0 unspecified atom stereocenters. The summed E-state index contributed by atoms with van der Waals surface area (Å²) in [7, 11) is 0. The summed E-state index contributed by atoms with van der Waals surface area (Å²) in [6.07, 6.45) is 9.50. The summed E-state index contributed by atoms with van der Waals surface area (Å²) >= 11 is -2.61. The van der Waals surface area contributed by atoms with Crippen LogP contribution in [0.5, 0.6) is 0 Å². The topological polar surface area (TPSA) is 57.5 Å². The maximum atomic E-state index is 8.67. The van der Waals surface area contributed by atoms with Crippen LogP contribution in [0.2, 0.25) is 0 Å². The monoisotopic (exact) mass is 188 g/mol. The second kappa shape index (κ2) is 11.1. The molecule has 0 saturated heterocycles. The molecule has 0 aromatic heterocycles. The summed E-state index contributed by atoms with van der Waals surface area (Å²) in [6.45, 7) is 0. The van der Waals surface area contributed by atoms with Gasteiger partial charge in [0.25, 0.3) is 11.4 Å². The second-order valence-corrected chi connectivity index (χ2v) is 2.62. The summed E-state index contributed by atoms with van der Waals surface area (Å²) in [5.41, 5.74) is 0. The minimum atomic E-state index is -2.61. The van der Waals surface area contributed by atoms with E-state index in [2.05, 4.69) is 6.42 Å². The van der Waals surface area contributed by atoms with E-state index in [4.69, 9.17) is 13.3 Å². The van der Waals surface area contributed by atoms with Crippen LogP contribution < -0.4 is 29.6 Å². The minimum absolute atomic E-state index is 0. The fraction of sp³-hybridized carbons (Fsp3) is 0.833. The van der Waals surface area contributed by atoms with Gasteiger partial charge < -0.3 is 6.42 Å². The van der Waals surface area contributed by atoms with Crippen LogP contribution in [0.3, 0.4) is 0 Å². The first-order valence-electron chi connectivity index (χ1n) is 3.35. The van der Waals surface area contributed by atoms with Gasteiger partial charge in [-0.2, -0.15) is 17.1 Å². The Morgan fingerprint density at radius 1 is 1.09 bits per heavy atom. The third-order valence-corrected chi connectivity index (χ3v) is 1.32. The van der Waals surface area contributed by atoms with Crippen molar-refractivity contribution in [2.24, 2.45) is 0 Å². The van der Waals surface area contributed by atoms with Crippen molar-refractivity contribution in [2.75, 3.05) is 0 Å². The largest absolute Gasteiger partial charge is 1.00 e. The van der Waals surface area contributed by atoms with Crippen LogP contribution in [-0.2, 0) is 11.4 Å². The van der Waals surface area contributed by atoms with Crippen molar-refractivity contribution in [3.05, 3.63) is 6.42 Å². The van der Waals surface area contributed by atoms with Crippen molar-refractivity contribution in [1.29, 1.82) is 0 Å². The first-order valence-corrected chi connectivity index (χ1v) is 4.41. The van der Waals surface area contributed by atoms with Crippen LogP contribution >= 0.6 is 0 Å². The zero-order chi connectivity index (χ0) is 7.82. The molecule has 1 aliphatic rings. The van der Waals surface area contributed by atoms with Crippen molar-refractivity contribution in [3.63, 3.8) is 0 Å². The maximum Gasteiger partial charge on any atom is 1.00 e. The van der Waals surface area contributed by atoms with E-state index in [1.54, 1.807) is 0 Å². The molecular formula is C6H13NaO3S. The standard InChI is InChI=1S/C6H11.Na.H2O3S/c1-2-4-6-5-3-1;;1-4(2)3/h1H,2-6H2;;(H2,1,2,3)/q-1;+1;. The average molecular weight is 188 g/mol. The summed E-state index contributed by atoms with van der Waals surface area (Å²) in [6, 6.07) is 0. The smallest absolute Gasteiger partial charge is 0.328 e. The fourth-order valence-corrected chi connectivity index (χ4v) is 0.898. The number of hydrogen-bond donors (Lipinski definition) is 2. The van der Waals surface area contributed by atoms with Crippen LogP contribution in [-0.4, -0.2) is 13.3 Å². The van der Waals surface area contributed by atoms with Crippen molar-refractivity contribution >= 4 is 11.4 Å². The molecule has 1 rings (SSSR count). The summed E-state index contributed by atoms with van der Waals surface area (Å²) < 4.78 is 22.8. The van der Waals surface area contributed by atoms with E-state index >= 15 is 0 Å². The van der Waals surface area contributed by atoms with Gasteiger partial charge in [-0.05, 0) is 0 Å². The van der Waals surface area contributed by atoms with Crippen LogP contribution in [0.4, 0.5) is 0 Å². The third-order valence-electron chi connectivity index (χ3n) is 1.32. The molecule has 0 atom stereocenters. The van der Waals surface area contributed by atoms with E-state index in [1.807, 2.05) is 0 Å². The second-order valence-electron chi connectivity index (χ2n) is 2.16. The molecule has 62 valence electrons. The van der Waals surface area contributed by atoms with Crippen molar-refractivity contribution in [1.82, 2.24) is 0 Å². The Balaban J connectivity index is 0. The first-order chi connectivity index (χ1) is 4.73. The van der Waals surface area contributed by atoms with Gasteiger partial charge in [-0.25, -0.2) is 0 Å². The van der Waals surface area contributed by atoms with Gasteiger partial charge >= 0.3 is 29.6 Å². The van der Waals surface area contributed by atoms with Gasteiger partial charge in [0.05, 0.1) is 0 Å². The molecule has 0 aliphatic heterocycles. The van der Waals surface area contributed by atoms with E-state index in [0.717, 1.165) is 0 Å². The molecule has 11 heavy (non-hydrogen) atoms. The van der Waals surface area contributed by atoms with Crippen LogP contribution in [0.1, 0.15) is 32.1 Å². The molecule has 0 bridgehead atoms. The van der Waals surface area contributed by atoms with Gasteiger partial charge in [-0.1, -0.05) is 19.3 Å². The van der Waals surface area contributed by atoms with E-state index in [0.29, 0.717) is 0 Å². The van der Waals surface area contributed by atoms with Gasteiger partial charge in [-0.3, -0.25) is 9.11 Å². The summed E-state index contributed by atoms with van der Waals surface area (Å²) in [5, 5.41) is 0. The maximum absolute atomic E-state index is 8.67. The third kappa shape index (κ3) is 18.2. The van der Waals surface area contributed by atoms with Gasteiger partial charge in [-0.15, -0.1) is 0 Å². The van der Waals surface area contributed by atoms with E-state index in [1.165, 1.54) is 32.1 Å². The van der Waals surface area contributed by atoms with Gasteiger partial charge in [0.15, 0.2) is 0 Å². The Labute approximate surface area is 92.4 Å². The van der Waals surface area contributed by atoms with E-state index < -0.39 is 11.4 Å². The van der Waals surface area contributed by atoms with Crippen molar-refractivity contribution in [3.8, 4) is 0 Å². The fourth-order valence-electron chi connectivity index (χ4n) is 0.898. The molecule has 5 heteroatoms. The molecule has 0 aromatic rings. The number of rotatable bonds is 0. The minimum Gasteiger partial charge on any atom is -0.328 e. The molecule has 0 radical (unpaired) electrons. The van der Waals surface area contributed by atoms with Crippen LogP contribution in [0, 0.1) is 6.42 Å². The average Bonchev–Trinajstić information content (AvgIpc) is 1.90. The number of hydrogen-bond acceptors (Lipinski definition) is 1. The molecule has 2 N–H and O–H groups in total. The summed E-state index contributed by atoms with van der Waals surface area (Å²) in [5.74, 6) is 0. The zero-order valence-electron chi connectivity index (χ0n) is 6.82. The Hall–Kier alpha value is 1.07. The molecule has 0 amide bonds. The Bertz CT molecular complexity index is 80.3. The molecule has 0 aromatic carbocycles. The van der Waals surface area contributed by atoms with Gasteiger partial charge in [0.1, 0.15) is 0 Å². The Morgan fingerprint density at radius 3 is 1.55 bits per heavy atom. The molecule has 1 aliphatic carbocycles. The Morgan fingerprint density at radius 2 is 1.45 bits per heavy atom. The normalized spacial score (nSPS) is 16.3. The molecule has 3 nitrogen and oxygen atoms in total. The van der Waals surface area contributed by atoms with Crippen molar-refractivity contribution in [2.45, 2.75) is 32.1 Å². The van der Waals surface area contributed by atoms with Gasteiger partial charge in [0, 0.05) is 0 Å². The SMILES string of the molecule is O=S(O)O.[CH-]1CCCCC1.[Na+]. The molecule has 0 heterocycles. The van der Waals surface area contributed by atoms with E-state index in [-0.39, 0.29) is 29.6 Å². The molecule has 1 saturated carbocycles. The first kappa shape index (κ1) is 14.6. The quantitative estimate of drug-likeness (QED) is 0.286.